The van der Waals surface area contributed by atoms with Crippen LogP contribution in [0.15, 0.2) is 24.3 Å². The highest BCUT2D eigenvalue weighted by molar-refractivity contribution is 7.98. The number of urea groups is 1. The van der Waals surface area contributed by atoms with Crippen molar-refractivity contribution >= 4 is 35.3 Å². The number of primary amides is 1. The third-order valence-electron chi connectivity index (χ3n) is 4.05. The van der Waals surface area contributed by atoms with Crippen molar-refractivity contribution in [1.29, 1.82) is 0 Å². The highest BCUT2D eigenvalue weighted by Crippen LogP contribution is 2.17. The van der Waals surface area contributed by atoms with E-state index >= 15 is 0 Å². The molecule has 1 fully saturated rings. The lowest BCUT2D eigenvalue weighted by atomic mass is 9.97. The van der Waals surface area contributed by atoms with Gasteiger partial charge in [-0.15, -0.1) is 0 Å². The Morgan fingerprint density at radius 2 is 2.08 bits per heavy atom. The van der Waals surface area contributed by atoms with Gasteiger partial charge in [0.15, 0.2) is 0 Å². The van der Waals surface area contributed by atoms with Gasteiger partial charge in [0.2, 0.25) is 5.91 Å². The summed E-state index contributed by atoms with van der Waals surface area (Å²) in [6.07, 6.45) is 2.58. The summed E-state index contributed by atoms with van der Waals surface area (Å²) in [4.78, 5) is 24.9. The summed E-state index contributed by atoms with van der Waals surface area (Å²) in [6, 6.07) is 7.43. The third kappa shape index (κ3) is 6.24. The molecule has 3 amide bonds. The number of carbonyl (C=O) groups excluding carboxylic acids is 2. The number of benzene rings is 1. The number of hydrogen-bond acceptors (Lipinski definition) is 3. The van der Waals surface area contributed by atoms with E-state index in [1.807, 2.05) is 36.0 Å². The van der Waals surface area contributed by atoms with E-state index in [1.54, 1.807) is 4.90 Å². The van der Waals surface area contributed by atoms with Crippen molar-refractivity contribution in [3.05, 3.63) is 34.9 Å². The topological polar surface area (TPSA) is 75.4 Å². The van der Waals surface area contributed by atoms with Crippen molar-refractivity contribution in [2.24, 2.45) is 11.7 Å². The van der Waals surface area contributed by atoms with Gasteiger partial charge in [-0.1, -0.05) is 23.7 Å². The van der Waals surface area contributed by atoms with Gasteiger partial charge in [-0.2, -0.15) is 11.8 Å². The van der Waals surface area contributed by atoms with Crippen molar-refractivity contribution in [3.63, 3.8) is 0 Å². The molecule has 1 atom stereocenters. The molecule has 1 aromatic rings. The molecule has 0 unspecified atom stereocenters. The van der Waals surface area contributed by atoms with E-state index in [0.717, 1.165) is 35.8 Å². The van der Waals surface area contributed by atoms with Gasteiger partial charge in [-0.25, -0.2) is 4.79 Å². The highest BCUT2D eigenvalue weighted by Gasteiger charge is 2.26. The fourth-order valence-corrected chi connectivity index (χ4v) is 3.74. The van der Waals surface area contributed by atoms with Crippen LogP contribution in [0.5, 0.6) is 0 Å². The summed E-state index contributed by atoms with van der Waals surface area (Å²) in [5.74, 6) is 1.83. The summed E-state index contributed by atoms with van der Waals surface area (Å²) in [7, 11) is 0. The monoisotopic (exact) mass is 369 g/mol. The van der Waals surface area contributed by atoms with Gasteiger partial charge in [0.25, 0.3) is 0 Å². The number of rotatable bonds is 7. The van der Waals surface area contributed by atoms with Gasteiger partial charge >= 0.3 is 6.03 Å². The van der Waals surface area contributed by atoms with Crippen LogP contribution in [0.4, 0.5) is 4.79 Å². The van der Waals surface area contributed by atoms with Gasteiger partial charge in [0, 0.05) is 30.4 Å². The van der Waals surface area contributed by atoms with Crippen LogP contribution in [0, 0.1) is 5.92 Å². The van der Waals surface area contributed by atoms with Gasteiger partial charge in [-0.05, 0) is 42.7 Å². The number of amides is 3. The van der Waals surface area contributed by atoms with E-state index in [4.69, 9.17) is 17.3 Å². The summed E-state index contributed by atoms with van der Waals surface area (Å²) in [5.41, 5.74) is 6.54. The van der Waals surface area contributed by atoms with E-state index in [0.29, 0.717) is 19.6 Å². The third-order valence-corrected chi connectivity index (χ3v) is 5.42. The Morgan fingerprint density at radius 3 is 2.79 bits per heavy atom. The molecule has 3 N–H and O–H groups in total. The fourth-order valence-electron chi connectivity index (χ4n) is 2.69. The minimum absolute atomic E-state index is 0.0312. The lowest BCUT2D eigenvalue weighted by Gasteiger charge is -2.30. The van der Waals surface area contributed by atoms with Crippen molar-refractivity contribution in [2.75, 3.05) is 25.4 Å². The zero-order valence-corrected chi connectivity index (χ0v) is 15.2. The second-order valence-corrected chi connectivity index (χ2v) is 7.49. The van der Waals surface area contributed by atoms with Crippen LogP contribution >= 0.6 is 23.4 Å². The Hall–Kier alpha value is -1.40. The molecule has 0 aliphatic carbocycles. The average Bonchev–Trinajstić information content (AvgIpc) is 2.59. The Bertz CT molecular complexity index is 553. The molecule has 0 radical (unpaired) electrons. The maximum absolute atomic E-state index is 12.1. The number of nitrogens with zero attached hydrogens (tertiary/aromatic N) is 1. The maximum atomic E-state index is 12.1. The minimum Gasteiger partial charge on any atom is -0.356 e. The molecule has 1 saturated heterocycles. The van der Waals surface area contributed by atoms with Gasteiger partial charge < -0.3 is 16.0 Å². The van der Waals surface area contributed by atoms with Crippen LogP contribution in [-0.2, 0) is 10.5 Å². The van der Waals surface area contributed by atoms with Crippen molar-refractivity contribution in [2.45, 2.75) is 25.0 Å². The zero-order valence-electron chi connectivity index (χ0n) is 13.7. The predicted molar refractivity (Wildman–Crippen MR) is 99.1 cm³/mol. The first-order chi connectivity index (χ1) is 11.6. The molecule has 2 rings (SSSR count). The number of piperidine rings is 1. The van der Waals surface area contributed by atoms with E-state index in [2.05, 4.69) is 5.32 Å². The van der Waals surface area contributed by atoms with E-state index in [1.165, 1.54) is 5.56 Å². The van der Waals surface area contributed by atoms with Crippen molar-refractivity contribution in [3.8, 4) is 0 Å². The van der Waals surface area contributed by atoms with Crippen molar-refractivity contribution in [1.82, 2.24) is 10.2 Å². The van der Waals surface area contributed by atoms with Crippen LogP contribution in [0.25, 0.3) is 0 Å². The lowest BCUT2D eigenvalue weighted by molar-refractivity contribution is -0.126. The van der Waals surface area contributed by atoms with Gasteiger partial charge in [0.05, 0.1) is 5.92 Å². The maximum Gasteiger partial charge on any atom is 0.314 e. The molecule has 1 aliphatic heterocycles. The predicted octanol–water partition coefficient (Wildman–Crippen LogP) is 2.87. The highest BCUT2D eigenvalue weighted by atomic mass is 35.5. The molecule has 1 aliphatic rings. The number of nitrogens with one attached hydrogen (secondary N) is 1. The van der Waals surface area contributed by atoms with Crippen LogP contribution in [0.1, 0.15) is 24.8 Å². The quantitative estimate of drug-likeness (QED) is 0.725. The second-order valence-electron chi connectivity index (χ2n) is 5.95. The Morgan fingerprint density at radius 1 is 1.33 bits per heavy atom. The number of carbonyl (C=O) groups is 2. The number of halogens is 1. The first kappa shape index (κ1) is 18.9. The molecule has 132 valence electrons. The standard InChI is InChI=1S/C17H24ClN3O2S/c18-15-6-4-13(5-7-15)12-24-10-2-8-20-16(22)14-3-1-9-21(11-14)17(19)23/h4-7,14H,1-3,8-12H2,(H2,19,23)(H,20,22)/t14-/m0/s1. The molecule has 1 heterocycles. The molecule has 0 aromatic heterocycles. The Balaban J connectivity index is 1.57. The van der Waals surface area contributed by atoms with E-state index in [9.17, 15) is 9.59 Å². The van der Waals surface area contributed by atoms with Crippen LogP contribution in [0.2, 0.25) is 5.02 Å². The SMILES string of the molecule is NC(=O)N1CCC[C@H](C(=O)NCCCSCc2ccc(Cl)cc2)C1. The summed E-state index contributed by atoms with van der Waals surface area (Å²) in [6.45, 7) is 1.76. The molecule has 0 saturated carbocycles. The van der Waals surface area contributed by atoms with Gasteiger partial charge in [0.1, 0.15) is 0 Å². The molecule has 1 aromatic carbocycles. The number of nitrogens with two attached hydrogens (primary N) is 1. The largest absolute Gasteiger partial charge is 0.356 e. The first-order valence-corrected chi connectivity index (χ1v) is 9.74. The normalized spacial score (nSPS) is 17.5. The Kier molecular flexibility index (Phi) is 7.72. The molecule has 24 heavy (non-hydrogen) atoms. The summed E-state index contributed by atoms with van der Waals surface area (Å²) in [5, 5.41) is 3.72. The van der Waals surface area contributed by atoms with Crippen LogP contribution in [-0.4, -0.2) is 42.2 Å². The number of hydrogen-bond donors (Lipinski definition) is 2. The molecule has 7 heteroatoms. The lowest BCUT2D eigenvalue weighted by Crippen LogP contribution is -2.47. The number of likely N-dealkylation sites (tertiary alicyclic amines) is 1. The van der Waals surface area contributed by atoms with E-state index < -0.39 is 6.03 Å². The number of thioether (sulfide) groups is 1. The van der Waals surface area contributed by atoms with Crippen LogP contribution < -0.4 is 11.1 Å². The average molecular weight is 370 g/mol. The van der Waals surface area contributed by atoms with Gasteiger partial charge in [-0.3, -0.25) is 4.79 Å². The van der Waals surface area contributed by atoms with Crippen LogP contribution in [0.3, 0.4) is 0 Å². The fraction of sp³-hybridized carbons (Fsp3) is 0.529. The van der Waals surface area contributed by atoms with Crippen molar-refractivity contribution < 1.29 is 9.59 Å². The molecule has 0 spiro atoms. The Labute approximate surface area is 152 Å². The second kappa shape index (κ2) is 9.79. The smallest absolute Gasteiger partial charge is 0.314 e. The minimum atomic E-state index is -0.439. The molecular formula is C17H24ClN3O2S. The molecule has 5 nitrogen and oxygen atoms in total. The molecule has 0 bridgehead atoms. The first-order valence-electron chi connectivity index (χ1n) is 8.20. The zero-order chi connectivity index (χ0) is 17.4. The van der Waals surface area contributed by atoms with E-state index in [-0.39, 0.29) is 11.8 Å². The molecular weight excluding hydrogens is 346 g/mol. The summed E-state index contributed by atoms with van der Waals surface area (Å²) < 4.78 is 0. The summed E-state index contributed by atoms with van der Waals surface area (Å²) >= 11 is 7.70.